The third-order valence-electron chi connectivity index (χ3n) is 5.29. The number of rotatable bonds is 4. The van der Waals surface area contributed by atoms with Crippen molar-refractivity contribution in [2.45, 2.75) is 31.3 Å². The molecule has 3 aliphatic rings. The molecule has 4 rings (SSSR count). The number of piperidine rings is 1. The smallest absolute Gasteiger partial charge is 0.297 e. The first-order valence-corrected chi connectivity index (χ1v) is 10.2. The Hall–Kier alpha value is -2.22. The summed E-state index contributed by atoms with van der Waals surface area (Å²) in [7, 11) is 0. The average molecular weight is 438 g/mol. The summed E-state index contributed by atoms with van der Waals surface area (Å²) in [5, 5.41) is 9.40. The molecule has 3 aliphatic heterocycles. The number of fused-ring (bicyclic) bond motifs is 1. The zero-order valence-corrected chi connectivity index (χ0v) is 17.0. The van der Waals surface area contributed by atoms with Gasteiger partial charge in [-0.3, -0.25) is 9.59 Å². The molecule has 0 aromatic heterocycles. The van der Waals surface area contributed by atoms with Crippen LogP contribution in [0.5, 0.6) is 0 Å². The predicted octanol–water partition coefficient (Wildman–Crippen LogP) is 1.98. The summed E-state index contributed by atoms with van der Waals surface area (Å²) in [5.41, 5.74) is 1.42. The third kappa shape index (κ3) is 4.08. The van der Waals surface area contributed by atoms with E-state index < -0.39 is 17.8 Å². The standard InChI is InChI=1S/C20H19Cl2FN4O2/c21-15-9-17-20(29)25-10-13(27(17)18(15)22)7-11-1-2-16(23)14(8-11)19(28)26-12-3-5-24-6-4-12/h1-2,8-10,12,17,24H,3-7H2,(H-,25,26,28,29)/p+1. The molecule has 1 fully saturated rings. The van der Waals surface area contributed by atoms with Crippen LogP contribution in [0, 0.1) is 5.82 Å². The van der Waals surface area contributed by atoms with Gasteiger partial charge in [-0.15, -0.1) is 0 Å². The number of halogens is 3. The number of nitrogens with one attached hydrogen (secondary N) is 3. The second kappa shape index (κ2) is 8.26. The first-order chi connectivity index (χ1) is 13.9. The van der Waals surface area contributed by atoms with Gasteiger partial charge in [0.25, 0.3) is 23.0 Å². The van der Waals surface area contributed by atoms with Gasteiger partial charge in [-0.2, -0.15) is 4.58 Å². The first kappa shape index (κ1) is 20.1. The van der Waals surface area contributed by atoms with E-state index in [4.69, 9.17) is 23.2 Å². The van der Waals surface area contributed by atoms with Crippen molar-refractivity contribution in [2.24, 2.45) is 0 Å². The number of nitrogens with zero attached hydrogens (tertiary/aromatic N) is 1. The quantitative estimate of drug-likeness (QED) is 0.630. The van der Waals surface area contributed by atoms with Crippen LogP contribution < -0.4 is 16.0 Å². The van der Waals surface area contributed by atoms with Crippen LogP contribution in [0.1, 0.15) is 28.8 Å². The Morgan fingerprint density at radius 2 is 2.03 bits per heavy atom. The molecule has 152 valence electrons. The van der Waals surface area contributed by atoms with E-state index in [1.807, 2.05) is 0 Å². The van der Waals surface area contributed by atoms with Gasteiger partial charge in [-0.05, 0) is 55.2 Å². The Labute approximate surface area is 177 Å². The van der Waals surface area contributed by atoms with Gasteiger partial charge in [0.1, 0.15) is 10.8 Å². The number of allylic oxidation sites excluding steroid dienone is 2. The van der Waals surface area contributed by atoms with Crippen LogP contribution in [0.3, 0.4) is 0 Å². The van der Waals surface area contributed by atoms with Gasteiger partial charge in [0, 0.05) is 12.1 Å². The molecule has 0 bridgehead atoms. The molecule has 1 saturated heterocycles. The number of hydrogen-bond donors (Lipinski definition) is 3. The van der Waals surface area contributed by atoms with E-state index in [9.17, 15) is 14.0 Å². The molecule has 0 saturated carbocycles. The third-order valence-corrected chi connectivity index (χ3v) is 6.07. The molecule has 0 radical (unpaired) electrons. The van der Waals surface area contributed by atoms with E-state index in [2.05, 4.69) is 16.0 Å². The normalized spacial score (nSPS) is 22.0. The molecule has 29 heavy (non-hydrogen) atoms. The van der Waals surface area contributed by atoms with Crippen molar-refractivity contribution in [1.29, 1.82) is 0 Å². The van der Waals surface area contributed by atoms with Crippen LogP contribution >= 0.6 is 23.2 Å². The lowest BCUT2D eigenvalue weighted by Crippen LogP contribution is -2.43. The Balaban J connectivity index is 1.55. The monoisotopic (exact) mass is 437 g/mol. The van der Waals surface area contributed by atoms with Crippen molar-refractivity contribution in [1.82, 2.24) is 16.0 Å². The lowest BCUT2D eigenvalue weighted by molar-refractivity contribution is -0.491. The van der Waals surface area contributed by atoms with E-state index in [0.29, 0.717) is 17.2 Å². The summed E-state index contributed by atoms with van der Waals surface area (Å²) < 4.78 is 16.0. The van der Waals surface area contributed by atoms with Gasteiger partial charge in [0.15, 0.2) is 0 Å². The SMILES string of the molecule is O=C(NC1CCNCC1)c1cc(CC2=CNC(=O)C3C=C(Cl)C(Cl)=[N+]23)ccc1F. The second-order valence-corrected chi connectivity index (χ2v) is 8.02. The number of hydrogen-bond acceptors (Lipinski definition) is 3. The number of carbonyl (C=O) groups is 2. The van der Waals surface area contributed by atoms with Crippen LogP contribution in [0.2, 0.25) is 0 Å². The maximum atomic E-state index is 14.3. The van der Waals surface area contributed by atoms with Gasteiger partial charge in [-0.25, -0.2) is 4.39 Å². The van der Waals surface area contributed by atoms with Crippen molar-refractivity contribution < 1.29 is 18.6 Å². The lowest BCUT2D eigenvalue weighted by atomic mass is 10.0. The minimum absolute atomic E-state index is 0.00526. The summed E-state index contributed by atoms with van der Waals surface area (Å²) in [6, 6.07) is 3.86. The average Bonchev–Trinajstić information content (AvgIpc) is 3.02. The molecule has 0 spiro atoms. The molecule has 3 N–H and O–H groups in total. The van der Waals surface area contributed by atoms with Crippen LogP contribution in [0.4, 0.5) is 4.39 Å². The molecular formula is C20H20Cl2FN4O2+. The highest BCUT2D eigenvalue weighted by Crippen LogP contribution is 2.26. The van der Waals surface area contributed by atoms with Crippen molar-refractivity contribution in [2.75, 3.05) is 13.1 Å². The molecule has 1 unspecified atom stereocenters. The second-order valence-electron chi connectivity index (χ2n) is 7.25. The van der Waals surface area contributed by atoms with Crippen LogP contribution in [0.15, 0.2) is 41.2 Å². The number of benzene rings is 1. The highest BCUT2D eigenvalue weighted by atomic mass is 35.5. The molecule has 3 heterocycles. The fourth-order valence-electron chi connectivity index (χ4n) is 3.76. The van der Waals surface area contributed by atoms with E-state index in [1.165, 1.54) is 12.1 Å². The van der Waals surface area contributed by atoms with Gasteiger partial charge in [0.05, 0.1) is 18.2 Å². The molecule has 1 atom stereocenters. The minimum atomic E-state index is -0.613. The van der Waals surface area contributed by atoms with Crippen LogP contribution in [-0.2, 0) is 11.2 Å². The summed E-state index contributed by atoms with van der Waals surface area (Å²) in [6.45, 7) is 1.66. The zero-order chi connectivity index (χ0) is 20.5. The van der Waals surface area contributed by atoms with Crippen LogP contribution in [0.25, 0.3) is 0 Å². The molecule has 0 aliphatic carbocycles. The van der Waals surface area contributed by atoms with Crippen molar-refractivity contribution >= 4 is 40.2 Å². The molecule has 9 heteroatoms. The van der Waals surface area contributed by atoms with E-state index in [-0.39, 0.29) is 22.7 Å². The molecule has 1 aromatic rings. The Kier molecular flexibility index (Phi) is 5.72. The fraction of sp³-hybridized carbons (Fsp3) is 0.350. The van der Waals surface area contributed by atoms with Gasteiger partial charge in [0.2, 0.25) is 5.70 Å². The Bertz CT molecular complexity index is 967. The molecule has 2 amide bonds. The fourth-order valence-corrected chi connectivity index (χ4v) is 4.24. The van der Waals surface area contributed by atoms with Gasteiger partial charge < -0.3 is 16.0 Å². The topological polar surface area (TPSA) is 73.2 Å². The number of carbonyl (C=O) groups excluding carboxylic acids is 2. The van der Waals surface area contributed by atoms with E-state index in [0.717, 1.165) is 31.5 Å². The first-order valence-electron chi connectivity index (χ1n) is 9.43. The van der Waals surface area contributed by atoms with Crippen LogP contribution in [-0.4, -0.2) is 46.7 Å². The molecular weight excluding hydrogens is 418 g/mol. The Morgan fingerprint density at radius 3 is 2.79 bits per heavy atom. The molecule has 1 aromatic carbocycles. The predicted molar refractivity (Wildman–Crippen MR) is 109 cm³/mol. The minimum Gasteiger partial charge on any atom is -0.349 e. The van der Waals surface area contributed by atoms with E-state index >= 15 is 0 Å². The van der Waals surface area contributed by atoms with Crippen molar-refractivity contribution in [3.63, 3.8) is 0 Å². The summed E-state index contributed by atoms with van der Waals surface area (Å²) in [6.07, 6.45) is 5.12. The Morgan fingerprint density at radius 1 is 1.28 bits per heavy atom. The van der Waals surface area contributed by atoms with Crippen molar-refractivity contribution in [3.8, 4) is 0 Å². The largest absolute Gasteiger partial charge is 0.349 e. The number of amides is 2. The zero-order valence-electron chi connectivity index (χ0n) is 15.5. The highest BCUT2D eigenvalue weighted by Gasteiger charge is 2.42. The van der Waals surface area contributed by atoms with Gasteiger partial charge in [-0.1, -0.05) is 17.7 Å². The highest BCUT2D eigenvalue weighted by molar-refractivity contribution is 6.75. The maximum absolute atomic E-state index is 14.3. The van der Waals surface area contributed by atoms with E-state index in [1.54, 1.807) is 22.9 Å². The van der Waals surface area contributed by atoms with Gasteiger partial charge >= 0.3 is 0 Å². The van der Waals surface area contributed by atoms with Crippen molar-refractivity contribution in [3.05, 3.63) is 58.1 Å². The maximum Gasteiger partial charge on any atom is 0.297 e. The molecule has 6 nitrogen and oxygen atoms in total. The summed E-state index contributed by atoms with van der Waals surface area (Å²) >= 11 is 12.4. The summed E-state index contributed by atoms with van der Waals surface area (Å²) in [4.78, 5) is 24.7. The summed E-state index contributed by atoms with van der Waals surface area (Å²) in [5.74, 6) is -1.22. The lowest BCUT2D eigenvalue weighted by Gasteiger charge is -2.23.